The van der Waals surface area contributed by atoms with E-state index in [0.717, 1.165) is 5.56 Å². The normalized spacial score (nSPS) is 9.67. The lowest BCUT2D eigenvalue weighted by atomic mass is 10.1. The standard InChI is InChI=1S/C11H14N2O2/c12-8-11(14)15-10(13)7-6-9-4-2-1-3-5-9/h1-5,13H,6-8,12H2. The first-order chi connectivity index (χ1) is 7.22. The SMILES string of the molecule is N=C(CCc1ccccc1)OC(=O)CN. The Morgan fingerprint density at radius 3 is 2.60 bits per heavy atom. The third-order valence-electron chi connectivity index (χ3n) is 1.89. The molecule has 4 heteroatoms. The highest BCUT2D eigenvalue weighted by molar-refractivity contribution is 5.87. The summed E-state index contributed by atoms with van der Waals surface area (Å²) in [6, 6.07) is 9.75. The molecule has 1 aromatic carbocycles. The van der Waals surface area contributed by atoms with Crippen LogP contribution in [0.3, 0.4) is 0 Å². The van der Waals surface area contributed by atoms with Crippen molar-refractivity contribution in [1.29, 1.82) is 5.41 Å². The Kier molecular flexibility index (Phi) is 4.50. The average Bonchev–Trinajstić information content (AvgIpc) is 2.27. The molecule has 3 N–H and O–H groups in total. The second-order valence-electron chi connectivity index (χ2n) is 3.09. The molecule has 0 saturated carbocycles. The summed E-state index contributed by atoms with van der Waals surface area (Å²) in [7, 11) is 0. The molecule has 1 rings (SSSR count). The number of nitrogens with two attached hydrogens (primary N) is 1. The van der Waals surface area contributed by atoms with Crippen LogP contribution >= 0.6 is 0 Å². The van der Waals surface area contributed by atoms with E-state index in [-0.39, 0.29) is 12.4 Å². The quantitative estimate of drug-likeness (QED) is 0.440. The highest BCUT2D eigenvalue weighted by Crippen LogP contribution is 2.03. The van der Waals surface area contributed by atoms with Gasteiger partial charge in [-0.15, -0.1) is 0 Å². The van der Waals surface area contributed by atoms with Gasteiger partial charge in [-0.25, -0.2) is 0 Å². The van der Waals surface area contributed by atoms with Gasteiger partial charge in [0.15, 0.2) is 5.90 Å². The molecule has 0 amide bonds. The van der Waals surface area contributed by atoms with E-state index in [1.54, 1.807) is 0 Å². The maximum atomic E-state index is 10.7. The van der Waals surface area contributed by atoms with Gasteiger partial charge in [0.1, 0.15) is 0 Å². The van der Waals surface area contributed by atoms with Crippen LogP contribution < -0.4 is 5.73 Å². The number of rotatable bonds is 4. The molecule has 0 unspecified atom stereocenters. The van der Waals surface area contributed by atoms with E-state index in [1.807, 2.05) is 30.3 Å². The number of ether oxygens (including phenoxy) is 1. The summed E-state index contributed by atoms with van der Waals surface area (Å²) in [5, 5.41) is 7.37. The van der Waals surface area contributed by atoms with Crippen molar-refractivity contribution < 1.29 is 9.53 Å². The lowest BCUT2D eigenvalue weighted by Gasteiger charge is -2.04. The monoisotopic (exact) mass is 206 g/mol. The third-order valence-corrected chi connectivity index (χ3v) is 1.89. The van der Waals surface area contributed by atoms with Gasteiger partial charge in [0, 0.05) is 6.42 Å². The fourth-order valence-electron chi connectivity index (χ4n) is 1.13. The van der Waals surface area contributed by atoms with Crippen LogP contribution in [0.5, 0.6) is 0 Å². The summed E-state index contributed by atoms with van der Waals surface area (Å²) >= 11 is 0. The summed E-state index contributed by atoms with van der Waals surface area (Å²) in [6.07, 6.45) is 1.10. The summed E-state index contributed by atoms with van der Waals surface area (Å²) in [5.74, 6) is -0.595. The zero-order valence-electron chi connectivity index (χ0n) is 8.40. The molecule has 0 aliphatic heterocycles. The Morgan fingerprint density at radius 2 is 2.00 bits per heavy atom. The number of hydrogen-bond donors (Lipinski definition) is 2. The molecule has 0 aromatic heterocycles. The summed E-state index contributed by atoms with van der Waals surface area (Å²) < 4.78 is 4.64. The zero-order chi connectivity index (χ0) is 11.1. The number of benzene rings is 1. The molecule has 4 nitrogen and oxygen atoms in total. The zero-order valence-corrected chi connectivity index (χ0v) is 8.40. The smallest absolute Gasteiger partial charge is 0.326 e. The van der Waals surface area contributed by atoms with Crippen molar-refractivity contribution >= 4 is 11.9 Å². The van der Waals surface area contributed by atoms with E-state index >= 15 is 0 Å². The van der Waals surface area contributed by atoms with Gasteiger partial charge in [0.05, 0.1) is 6.54 Å². The Labute approximate surface area is 88.6 Å². The number of hydrogen-bond acceptors (Lipinski definition) is 4. The van der Waals surface area contributed by atoms with Gasteiger partial charge in [-0.2, -0.15) is 0 Å². The van der Waals surface area contributed by atoms with Gasteiger partial charge < -0.3 is 10.5 Å². The van der Waals surface area contributed by atoms with Gasteiger partial charge >= 0.3 is 5.97 Å². The topological polar surface area (TPSA) is 76.2 Å². The number of nitrogens with one attached hydrogen (secondary N) is 1. The van der Waals surface area contributed by atoms with Crippen molar-refractivity contribution in [2.24, 2.45) is 5.73 Å². The molecular weight excluding hydrogens is 192 g/mol. The van der Waals surface area contributed by atoms with Crippen LogP contribution in [-0.4, -0.2) is 18.4 Å². The minimum atomic E-state index is -0.562. The summed E-state index contributed by atoms with van der Waals surface area (Å²) in [5.41, 5.74) is 6.17. The van der Waals surface area contributed by atoms with Crippen LogP contribution in [0.4, 0.5) is 0 Å². The molecule has 0 aliphatic rings. The minimum Gasteiger partial charge on any atom is -0.411 e. The van der Waals surface area contributed by atoms with E-state index in [1.165, 1.54) is 0 Å². The maximum Gasteiger partial charge on any atom is 0.326 e. The molecule has 0 radical (unpaired) electrons. The van der Waals surface area contributed by atoms with E-state index < -0.39 is 5.97 Å². The van der Waals surface area contributed by atoms with Crippen molar-refractivity contribution in [3.05, 3.63) is 35.9 Å². The predicted octanol–water partition coefficient (Wildman–Crippen LogP) is 1.10. The Balaban J connectivity index is 2.32. The van der Waals surface area contributed by atoms with Crippen molar-refractivity contribution in [2.75, 3.05) is 6.54 Å². The summed E-state index contributed by atoms with van der Waals surface area (Å²) in [4.78, 5) is 10.7. The van der Waals surface area contributed by atoms with Gasteiger partial charge in [0.25, 0.3) is 0 Å². The molecule has 15 heavy (non-hydrogen) atoms. The van der Waals surface area contributed by atoms with Gasteiger partial charge in [-0.1, -0.05) is 30.3 Å². The first kappa shape index (κ1) is 11.4. The van der Waals surface area contributed by atoms with E-state index in [4.69, 9.17) is 11.1 Å². The summed E-state index contributed by atoms with van der Waals surface area (Å²) in [6.45, 7) is -0.187. The Hall–Kier alpha value is -1.68. The molecule has 80 valence electrons. The minimum absolute atomic E-state index is 0.0331. The van der Waals surface area contributed by atoms with Crippen molar-refractivity contribution in [1.82, 2.24) is 0 Å². The van der Waals surface area contributed by atoms with E-state index in [2.05, 4.69) is 4.74 Å². The van der Waals surface area contributed by atoms with E-state index in [9.17, 15) is 4.79 Å². The Morgan fingerprint density at radius 1 is 1.33 bits per heavy atom. The largest absolute Gasteiger partial charge is 0.411 e. The first-order valence-corrected chi connectivity index (χ1v) is 4.74. The van der Waals surface area contributed by atoms with Crippen LogP contribution in [-0.2, 0) is 16.0 Å². The Bertz CT molecular complexity index is 336. The lowest BCUT2D eigenvalue weighted by Crippen LogP contribution is -2.20. The first-order valence-electron chi connectivity index (χ1n) is 4.74. The molecule has 0 fully saturated rings. The van der Waals surface area contributed by atoms with Gasteiger partial charge in [0.2, 0.25) is 0 Å². The molecule has 1 aromatic rings. The molecule has 0 atom stereocenters. The molecule has 0 saturated heterocycles. The maximum absolute atomic E-state index is 10.7. The molecule has 0 bridgehead atoms. The van der Waals surface area contributed by atoms with Crippen molar-refractivity contribution in [2.45, 2.75) is 12.8 Å². The van der Waals surface area contributed by atoms with Crippen molar-refractivity contribution in [3.63, 3.8) is 0 Å². The number of carbonyl (C=O) groups excluding carboxylic acids is 1. The third kappa shape index (κ3) is 4.37. The van der Waals surface area contributed by atoms with Crippen LogP contribution in [0.2, 0.25) is 0 Å². The van der Waals surface area contributed by atoms with Crippen LogP contribution in [0.1, 0.15) is 12.0 Å². The number of esters is 1. The van der Waals surface area contributed by atoms with Crippen LogP contribution in [0.25, 0.3) is 0 Å². The fourth-order valence-corrected chi connectivity index (χ4v) is 1.13. The highest BCUT2D eigenvalue weighted by Gasteiger charge is 2.04. The average molecular weight is 206 g/mol. The van der Waals surface area contributed by atoms with Crippen LogP contribution in [0, 0.1) is 5.41 Å². The number of carbonyl (C=O) groups is 1. The molecule has 0 spiro atoms. The van der Waals surface area contributed by atoms with Crippen molar-refractivity contribution in [3.8, 4) is 0 Å². The van der Waals surface area contributed by atoms with Crippen LogP contribution in [0.15, 0.2) is 30.3 Å². The predicted molar refractivity (Wildman–Crippen MR) is 57.6 cm³/mol. The molecular formula is C11H14N2O2. The molecule has 0 heterocycles. The highest BCUT2D eigenvalue weighted by atomic mass is 16.5. The molecule has 0 aliphatic carbocycles. The van der Waals surface area contributed by atoms with E-state index in [0.29, 0.717) is 12.8 Å². The number of aryl methyl sites for hydroxylation is 1. The second kappa shape index (κ2) is 5.93. The second-order valence-corrected chi connectivity index (χ2v) is 3.09. The van der Waals surface area contributed by atoms with Gasteiger partial charge in [-0.05, 0) is 12.0 Å². The van der Waals surface area contributed by atoms with Gasteiger partial charge in [-0.3, -0.25) is 10.2 Å². The fraction of sp³-hybridized carbons (Fsp3) is 0.273. The lowest BCUT2D eigenvalue weighted by molar-refractivity contribution is -0.134.